The summed E-state index contributed by atoms with van der Waals surface area (Å²) in [6, 6.07) is 11.8. The van der Waals surface area contributed by atoms with Crippen LogP contribution in [0.3, 0.4) is 0 Å². The van der Waals surface area contributed by atoms with Crippen LogP contribution in [0, 0.1) is 6.92 Å². The predicted octanol–water partition coefficient (Wildman–Crippen LogP) is 2.60. The quantitative estimate of drug-likeness (QED) is 0.498. The van der Waals surface area contributed by atoms with Crippen molar-refractivity contribution in [2.45, 2.75) is 13.0 Å². The number of aromatic nitrogens is 1. The summed E-state index contributed by atoms with van der Waals surface area (Å²) in [5, 5.41) is 0.480. The van der Waals surface area contributed by atoms with Crippen molar-refractivity contribution in [1.82, 2.24) is 10.4 Å². The van der Waals surface area contributed by atoms with E-state index in [0.29, 0.717) is 5.15 Å². The van der Waals surface area contributed by atoms with Crippen molar-refractivity contribution in [3.8, 4) is 0 Å². The fraction of sp³-hybridized carbons (Fsp3) is 0.154. The van der Waals surface area contributed by atoms with Gasteiger partial charge in [-0.25, -0.2) is 10.4 Å². The molecule has 4 heteroatoms. The van der Waals surface area contributed by atoms with Crippen molar-refractivity contribution < 1.29 is 0 Å². The van der Waals surface area contributed by atoms with Crippen LogP contribution in [0.1, 0.15) is 22.7 Å². The molecule has 0 saturated carbocycles. The molecule has 0 aliphatic rings. The highest BCUT2D eigenvalue weighted by molar-refractivity contribution is 6.29. The highest BCUT2D eigenvalue weighted by atomic mass is 35.5. The Balaban J connectivity index is 2.36. The third-order valence-corrected chi connectivity index (χ3v) is 2.85. The molecule has 3 nitrogen and oxygen atoms in total. The van der Waals surface area contributed by atoms with Crippen LogP contribution in [-0.4, -0.2) is 4.98 Å². The van der Waals surface area contributed by atoms with Crippen molar-refractivity contribution in [3.05, 3.63) is 64.4 Å². The maximum atomic E-state index is 5.77. The highest BCUT2D eigenvalue weighted by Crippen LogP contribution is 2.22. The molecule has 0 spiro atoms. The molecule has 0 radical (unpaired) electrons. The summed E-state index contributed by atoms with van der Waals surface area (Å²) >= 11 is 5.77. The van der Waals surface area contributed by atoms with Gasteiger partial charge in [0.2, 0.25) is 0 Å². The fourth-order valence-corrected chi connectivity index (χ4v) is 1.90. The molecule has 1 aromatic heterocycles. The zero-order chi connectivity index (χ0) is 12.3. The molecule has 0 aliphatic carbocycles. The molecule has 1 aromatic carbocycles. The van der Waals surface area contributed by atoms with Crippen LogP contribution < -0.4 is 11.3 Å². The SMILES string of the molecule is Cc1cccc(C(NN)c2ccc(Cl)nc2)c1. The second-order valence-electron chi connectivity index (χ2n) is 3.93. The first-order valence-electron chi connectivity index (χ1n) is 5.35. The summed E-state index contributed by atoms with van der Waals surface area (Å²) in [6.45, 7) is 2.05. The summed E-state index contributed by atoms with van der Waals surface area (Å²) in [5.41, 5.74) is 6.09. The van der Waals surface area contributed by atoms with E-state index in [9.17, 15) is 0 Å². The van der Waals surface area contributed by atoms with Gasteiger partial charge in [-0.2, -0.15) is 0 Å². The molecule has 1 unspecified atom stereocenters. The van der Waals surface area contributed by atoms with Gasteiger partial charge in [0, 0.05) is 6.20 Å². The maximum Gasteiger partial charge on any atom is 0.129 e. The average Bonchev–Trinajstić information content (AvgIpc) is 2.33. The van der Waals surface area contributed by atoms with E-state index in [1.54, 1.807) is 12.3 Å². The summed E-state index contributed by atoms with van der Waals surface area (Å²) in [4.78, 5) is 4.07. The van der Waals surface area contributed by atoms with Crippen LogP contribution in [0.2, 0.25) is 5.15 Å². The van der Waals surface area contributed by atoms with E-state index >= 15 is 0 Å². The zero-order valence-corrected chi connectivity index (χ0v) is 10.3. The smallest absolute Gasteiger partial charge is 0.129 e. The number of hydrazine groups is 1. The molecule has 0 saturated heterocycles. The first-order chi connectivity index (χ1) is 8.20. The van der Waals surface area contributed by atoms with E-state index in [-0.39, 0.29) is 6.04 Å². The second-order valence-corrected chi connectivity index (χ2v) is 4.32. The summed E-state index contributed by atoms with van der Waals surface area (Å²) in [6.07, 6.45) is 1.73. The fourth-order valence-electron chi connectivity index (χ4n) is 1.79. The van der Waals surface area contributed by atoms with E-state index in [4.69, 9.17) is 17.4 Å². The van der Waals surface area contributed by atoms with Gasteiger partial charge in [0.1, 0.15) is 5.15 Å². The van der Waals surface area contributed by atoms with Gasteiger partial charge in [0.15, 0.2) is 0 Å². The standard InChI is InChI=1S/C13H14ClN3/c1-9-3-2-4-10(7-9)13(17-15)11-5-6-12(14)16-8-11/h2-8,13,17H,15H2,1H3. The Hall–Kier alpha value is -1.42. The molecule has 2 rings (SSSR count). The van der Waals surface area contributed by atoms with E-state index < -0.39 is 0 Å². The molecule has 1 atom stereocenters. The van der Waals surface area contributed by atoms with Gasteiger partial charge in [-0.05, 0) is 24.1 Å². The topological polar surface area (TPSA) is 50.9 Å². The maximum absolute atomic E-state index is 5.77. The number of aryl methyl sites for hydroxylation is 1. The van der Waals surface area contributed by atoms with Crippen LogP contribution in [0.15, 0.2) is 42.6 Å². The van der Waals surface area contributed by atoms with Crippen molar-refractivity contribution in [2.24, 2.45) is 5.84 Å². The summed E-state index contributed by atoms with van der Waals surface area (Å²) in [7, 11) is 0. The Labute approximate surface area is 106 Å². The molecule has 0 aliphatic heterocycles. The van der Waals surface area contributed by atoms with Crippen LogP contribution in [0.25, 0.3) is 0 Å². The van der Waals surface area contributed by atoms with Crippen LogP contribution >= 0.6 is 11.6 Å². The third-order valence-electron chi connectivity index (χ3n) is 2.63. The molecule has 1 heterocycles. The first-order valence-corrected chi connectivity index (χ1v) is 5.72. The molecule has 0 bridgehead atoms. The van der Waals surface area contributed by atoms with Crippen molar-refractivity contribution in [2.75, 3.05) is 0 Å². The predicted molar refractivity (Wildman–Crippen MR) is 69.6 cm³/mol. The largest absolute Gasteiger partial charge is 0.271 e. The van der Waals surface area contributed by atoms with Gasteiger partial charge >= 0.3 is 0 Å². The van der Waals surface area contributed by atoms with E-state index in [1.807, 2.05) is 18.2 Å². The lowest BCUT2D eigenvalue weighted by Gasteiger charge is -2.17. The Morgan fingerprint density at radius 3 is 2.65 bits per heavy atom. The van der Waals surface area contributed by atoms with E-state index in [1.165, 1.54) is 5.56 Å². The normalized spacial score (nSPS) is 12.4. The second kappa shape index (κ2) is 5.27. The zero-order valence-electron chi connectivity index (χ0n) is 9.52. The van der Waals surface area contributed by atoms with Crippen LogP contribution in [0.4, 0.5) is 0 Å². The Bertz CT molecular complexity index is 496. The number of benzene rings is 1. The monoisotopic (exact) mass is 247 g/mol. The average molecular weight is 248 g/mol. The van der Waals surface area contributed by atoms with E-state index in [2.05, 4.69) is 29.5 Å². The number of hydrogen-bond acceptors (Lipinski definition) is 3. The number of halogens is 1. The molecule has 0 fully saturated rings. The highest BCUT2D eigenvalue weighted by Gasteiger charge is 2.12. The third kappa shape index (κ3) is 2.82. The first kappa shape index (κ1) is 12.0. The van der Waals surface area contributed by atoms with Crippen molar-refractivity contribution in [3.63, 3.8) is 0 Å². The number of hydrogen-bond donors (Lipinski definition) is 2. The van der Waals surface area contributed by atoms with Crippen molar-refractivity contribution in [1.29, 1.82) is 0 Å². The lowest BCUT2D eigenvalue weighted by molar-refractivity contribution is 0.634. The number of nitrogens with one attached hydrogen (secondary N) is 1. The van der Waals surface area contributed by atoms with Crippen LogP contribution in [-0.2, 0) is 0 Å². The lowest BCUT2D eigenvalue weighted by atomic mass is 9.99. The minimum Gasteiger partial charge on any atom is -0.271 e. The van der Waals surface area contributed by atoms with Gasteiger partial charge in [-0.15, -0.1) is 0 Å². The Kier molecular flexibility index (Phi) is 3.74. The van der Waals surface area contributed by atoms with Crippen LogP contribution in [0.5, 0.6) is 0 Å². The minimum absolute atomic E-state index is 0.0698. The molecule has 3 N–H and O–H groups in total. The molecule has 17 heavy (non-hydrogen) atoms. The Morgan fingerprint density at radius 1 is 1.24 bits per heavy atom. The van der Waals surface area contributed by atoms with Gasteiger partial charge in [-0.3, -0.25) is 5.84 Å². The number of nitrogens with two attached hydrogens (primary N) is 1. The van der Waals surface area contributed by atoms with Gasteiger partial charge in [-0.1, -0.05) is 47.5 Å². The number of rotatable bonds is 3. The Morgan fingerprint density at radius 2 is 2.06 bits per heavy atom. The van der Waals surface area contributed by atoms with Gasteiger partial charge < -0.3 is 0 Å². The molecule has 0 amide bonds. The number of nitrogens with zero attached hydrogens (tertiary/aromatic N) is 1. The number of pyridine rings is 1. The van der Waals surface area contributed by atoms with Crippen molar-refractivity contribution >= 4 is 11.6 Å². The molecular weight excluding hydrogens is 234 g/mol. The van der Waals surface area contributed by atoms with E-state index in [0.717, 1.165) is 11.1 Å². The summed E-state index contributed by atoms with van der Waals surface area (Å²) in [5.74, 6) is 5.61. The molecular formula is C13H14ClN3. The molecule has 2 aromatic rings. The lowest BCUT2D eigenvalue weighted by Crippen LogP contribution is -2.28. The minimum atomic E-state index is -0.0698. The molecule has 88 valence electrons. The van der Waals surface area contributed by atoms with Gasteiger partial charge in [0.05, 0.1) is 6.04 Å². The van der Waals surface area contributed by atoms with Gasteiger partial charge in [0.25, 0.3) is 0 Å². The summed E-state index contributed by atoms with van der Waals surface area (Å²) < 4.78 is 0.